The highest BCUT2D eigenvalue weighted by molar-refractivity contribution is 9.14. The van der Waals surface area contributed by atoms with Crippen molar-refractivity contribution >= 4 is 151 Å². The van der Waals surface area contributed by atoms with Crippen LogP contribution in [0.3, 0.4) is 0 Å². The lowest BCUT2D eigenvalue weighted by Gasteiger charge is -2.23. The van der Waals surface area contributed by atoms with Gasteiger partial charge in [0.05, 0.1) is 13.4 Å². The van der Waals surface area contributed by atoms with Gasteiger partial charge in [-0.3, -0.25) is 0 Å². The number of hydrogen-bond acceptors (Lipinski definition) is 4. The first-order chi connectivity index (χ1) is 16.2. The molecule has 0 aliphatic carbocycles. The van der Waals surface area contributed by atoms with E-state index in [9.17, 15) is 4.57 Å². The molecule has 14 heteroatoms. The molecule has 0 saturated heterocycles. The molecule has 0 spiro atoms. The summed E-state index contributed by atoms with van der Waals surface area (Å²) in [4.78, 5) is 0. The third kappa shape index (κ3) is 6.85. The lowest BCUT2D eigenvalue weighted by atomic mass is 10.2. The molecule has 3 aromatic rings. The Kier molecular flexibility index (Phi) is 11.0. The molecule has 3 rings (SSSR count). The Balaban J connectivity index is 2.18. The fourth-order valence-electron chi connectivity index (χ4n) is 2.72. The number of halogens is 9. The van der Waals surface area contributed by atoms with Crippen LogP contribution in [0.4, 0.5) is 0 Å². The quantitative estimate of drug-likeness (QED) is 0.182. The molecule has 35 heavy (non-hydrogen) atoms. The fraction of sp³-hybridized carbons (Fsp3) is 0.143. The maximum atomic E-state index is 14.3. The Morgan fingerprint density at radius 2 is 0.714 bits per heavy atom. The minimum Gasteiger partial charge on any atom is -0.385 e. The molecule has 0 N–H and O–H groups in total. The summed E-state index contributed by atoms with van der Waals surface area (Å²) in [7, 11) is -4.33. The van der Waals surface area contributed by atoms with Gasteiger partial charge in [0.25, 0.3) is 0 Å². The number of rotatable bonds is 6. The van der Waals surface area contributed by atoms with E-state index in [1.807, 2.05) is 20.8 Å². The van der Waals surface area contributed by atoms with Crippen LogP contribution in [0.25, 0.3) is 0 Å². The summed E-state index contributed by atoms with van der Waals surface area (Å²) in [6, 6.07) is 5.03. The van der Waals surface area contributed by atoms with Gasteiger partial charge >= 0.3 is 7.82 Å². The van der Waals surface area contributed by atoms with Crippen molar-refractivity contribution in [2.75, 3.05) is 0 Å². The Morgan fingerprint density at radius 3 is 0.943 bits per heavy atom. The molecular formula is C21H12Br9O4P. The number of benzene rings is 3. The van der Waals surface area contributed by atoms with Gasteiger partial charge in [0.1, 0.15) is 17.2 Å². The van der Waals surface area contributed by atoms with Crippen LogP contribution < -0.4 is 13.6 Å². The van der Waals surface area contributed by atoms with Crippen molar-refractivity contribution in [1.82, 2.24) is 0 Å². The zero-order valence-electron chi connectivity index (χ0n) is 17.7. The van der Waals surface area contributed by atoms with E-state index >= 15 is 0 Å². The summed E-state index contributed by atoms with van der Waals surface area (Å²) in [5, 5.41) is 0. The van der Waals surface area contributed by atoms with E-state index in [1.54, 1.807) is 18.2 Å². The van der Waals surface area contributed by atoms with Crippen LogP contribution in [-0.4, -0.2) is 0 Å². The van der Waals surface area contributed by atoms with Crippen molar-refractivity contribution in [2.45, 2.75) is 20.8 Å². The smallest absolute Gasteiger partial charge is 0.385 e. The van der Waals surface area contributed by atoms with E-state index in [-0.39, 0.29) is 17.2 Å². The van der Waals surface area contributed by atoms with Gasteiger partial charge in [-0.2, -0.15) is 4.57 Å². The molecule has 0 fully saturated rings. The monoisotopic (exact) mass is 1070 g/mol. The van der Waals surface area contributed by atoms with Crippen LogP contribution in [0, 0.1) is 20.8 Å². The van der Waals surface area contributed by atoms with E-state index in [1.165, 1.54) is 0 Å². The summed E-state index contributed by atoms with van der Waals surface area (Å²) in [5.41, 5.74) is 2.52. The van der Waals surface area contributed by atoms with Crippen molar-refractivity contribution < 1.29 is 18.1 Å². The first-order valence-electron chi connectivity index (χ1n) is 9.28. The minimum atomic E-state index is -4.33. The van der Waals surface area contributed by atoms with Crippen molar-refractivity contribution in [3.05, 3.63) is 75.1 Å². The van der Waals surface area contributed by atoms with Crippen LogP contribution in [0.5, 0.6) is 17.2 Å². The average Bonchev–Trinajstić information content (AvgIpc) is 2.80. The predicted molar refractivity (Wildman–Crippen MR) is 172 cm³/mol. The highest BCUT2D eigenvalue weighted by atomic mass is 79.9. The van der Waals surface area contributed by atoms with E-state index in [2.05, 4.69) is 143 Å². The Labute approximate surface area is 278 Å². The van der Waals surface area contributed by atoms with Crippen LogP contribution in [0.15, 0.2) is 58.5 Å². The number of phosphoric ester groups is 1. The number of phosphoric acid groups is 1. The molecule has 0 unspecified atom stereocenters. The van der Waals surface area contributed by atoms with Crippen LogP contribution in [0.2, 0.25) is 0 Å². The third-order valence-corrected chi connectivity index (χ3v) is 15.4. The largest absolute Gasteiger partial charge is 0.647 e. The Bertz CT molecular complexity index is 1230. The van der Waals surface area contributed by atoms with Gasteiger partial charge in [-0.15, -0.1) is 0 Å². The predicted octanol–water partition coefficient (Wildman–Crippen LogP) is 13.1. The molecule has 0 saturated carbocycles. The second kappa shape index (κ2) is 12.4. The highest BCUT2D eigenvalue weighted by Crippen LogP contribution is 2.56. The van der Waals surface area contributed by atoms with Gasteiger partial charge in [0.2, 0.25) is 0 Å². The first kappa shape index (κ1) is 31.1. The van der Waals surface area contributed by atoms with E-state index in [0.717, 1.165) is 30.1 Å². The second-order valence-electron chi connectivity index (χ2n) is 7.05. The lowest BCUT2D eigenvalue weighted by molar-refractivity contribution is 0.296. The van der Waals surface area contributed by atoms with Gasteiger partial charge in [-0.1, -0.05) is 0 Å². The Morgan fingerprint density at radius 1 is 0.486 bits per heavy atom. The van der Waals surface area contributed by atoms with Crippen LogP contribution >= 0.6 is 151 Å². The van der Waals surface area contributed by atoms with Crippen molar-refractivity contribution in [3.63, 3.8) is 0 Å². The molecular weight excluding hydrogens is 1070 g/mol. The third-order valence-electron chi connectivity index (χ3n) is 4.66. The summed E-state index contributed by atoms with van der Waals surface area (Å²) in [6.07, 6.45) is 0. The van der Waals surface area contributed by atoms with Crippen molar-refractivity contribution in [2.24, 2.45) is 0 Å². The van der Waals surface area contributed by atoms with Gasteiger partial charge in [0, 0.05) is 26.8 Å². The van der Waals surface area contributed by atoms with Gasteiger partial charge in [-0.05, 0) is 199 Å². The zero-order valence-corrected chi connectivity index (χ0v) is 32.9. The maximum Gasteiger partial charge on any atom is 0.647 e. The molecule has 3 aromatic carbocycles. The van der Waals surface area contributed by atoms with Gasteiger partial charge < -0.3 is 13.6 Å². The molecule has 0 atom stereocenters. The molecule has 0 bridgehead atoms. The summed E-state index contributed by atoms with van der Waals surface area (Å²) in [5.74, 6) is 0.817. The first-order valence-corrected chi connectivity index (χ1v) is 17.9. The molecule has 0 radical (unpaired) electrons. The van der Waals surface area contributed by atoms with E-state index in [4.69, 9.17) is 13.6 Å². The highest BCUT2D eigenvalue weighted by Gasteiger charge is 2.37. The molecule has 0 aliphatic rings. The molecule has 188 valence electrons. The van der Waals surface area contributed by atoms with E-state index < -0.39 is 7.82 Å². The fourth-order valence-corrected chi connectivity index (χ4v) is 8.80. The second-order valence-corrected chi connectivity index (χ2v) is 15.8. The standard InChI is InChI=1S/C21H12Br9O4P/c1-7-16(25)10(22)4-13(19(7)28)32-35(31,33-14-5-11(23)17(26)8(2)20(14)29)34-15-6-12(24)18(27)9(3)21(15)30/h4-6H,1-3H3. The maximum absolute atomic E-state index is 14.3. The SMILES string of the molecule is Cc1c(Br)c(Br)cc(OP(=O)(Oc2cc(Br)c(Br)c(C)c2Br)Oc2cc(Br)c(Br)c(C)c2Br)c1Br. The number of hydrogen-bond donors (Lipinski definition) is 0. The lowest BCUT2D eigenvalue weighted by Crippen LogP contribution is -2.09. The van der Waals surface area contributed by atoms with Crippen molar-refractivity contribution in [3.8, 4) is 17.2 Å². The molecule has 0 aliphatic heterocycles. The topological polar surface area (TPSA) is 44.8 Å². The van der Waals surface area contributed by atoms with Gasteiger partial charge in [0.15, 0.2) is 0 Å². The molecule has 0 heterocycles. The van der Waals surface area contributed by atoms with E-state index in [0.29, 0.717) is 26.8 Å². The summed E-state index contributed by atoms with van der Waals surface area (Å²) in [6.45, 7) is 5.65. The Hall–Kier alpha value is 1.61. The summed E-state index contributed by atoms with van der Waals surface area (Å²) >= 11 is 31.6. The molecule has 0 amide bonds. The normalized spacial score (nSPS) is 11.5. The molecule has 4 nitrogen and oxygen atoms in total. The van der Waals surface area contributed by atoms with Crippen LogP contribution in [0.1, 0.15) is 16.7 Å². The molecule has 0 aromatic heterocycles. The van der Waals surface area contributed by atoms with Gasteiger partial charge in [-0.25, -0.2) is 0 Å². The van der Waals surface area contributed by atoms with Crippen LogP contribution in [-0.2, 0) is 4.57 Å². The summed E-state index contributed by atoms with van der Waals surface area (Å²) < 4.78 is 38.7. The zero-order chi connectivity index (χ0) is 26.4. The average molecular weight is 1080 g/mol. The minimum absolute atomic E-state index is 0.272. The van der Waals surface area contributed by atoms with Crippen molar-refractivity contribution in [1.29, 1.82) is 0 Å².